The average molecular weight is 315 g/mol. The molecule has 2 aromatic rings. The molecule has 1 N–H and O–H groups in total. The number of nitrogens with one attached hydrogen (secondary N) is 1. The predicted octanol–water partition coefficient (Wildman–Crippen LogP) is 3.88. The van der Waals surface area contributed by atoms with Crippen LogP contribution in [0.25, 0.3) is 6.08 Å². The van der Waals surface area contributed by atoms with Crippen molar-refractivity contribution in [3.63, 3.8) is 0 Å². The van der Waals surface area contributed by atoms with Crippen LogP contribution in [0.1, 0.15) is 12.5 Å². The Morgan fingerprint density at radius 3 is 2.61 bits per heavy atom. The Balaban J connectivity index is 2.11. The topological polar surface area (TPSA) is 47.6 Å². The first-order valence-electron chi connectivity index (χ1n) is 7.18. The Morgan fingerprint density at radius 1 is 1.22 bits per heavy atom. The van der Waals surface area contributed by atoms with Crippen LogP contribution in [0.2, 0.25) is 0 Å². The van der Waals surface area contributed by atoms with Gasteiger partial charge in [-0.1, -0.05) is 12.1 Å². The first kappa shape index (κ1) is 16.5. The Kier molecular flexibility index (Phi) is 5.74. The third-order valence-electron chi connectivity index (χ3n) is 3.04. The van der Waals surface area contributed by atoms with Crippen LogP contribution < -0.4 is 14.8 Å². The van der Waals surface area contributed by atoms with Crippen LogP contribution in [-0.4, -0.2) is 19.6 Å². The standard InChI is InChI=1S/C18H18FNO3/c1-3-23-17-10-9-15(22-2)12-16(17)20-18(21)11-6-13-4-7-14(19)8-5-13/h4-12H,3H2,1-2H3,(H,20,21)/b11-6+. The third kappa shape index (κ3) is 4.85. The van der Waals surface area contributed by atoms with E-state index < -0.39 is 0 Å². The van der Waals surface area contributed by atoms with Crippen molar-refractivity contribution < 1.29 is 18.7 Å². The fourth-order valence-electron chi connectivity index (χ4n) is 1.94. The van der Waals surface area contributed by atoms with Crippen LogP contribution in [-0.2, 0) is 4.79 Å². The van der Waals surface area contributed by atoms with Gasteiger partial charge in [0.1, 0.15) is 17.3 Å². The zero-order valence-corrected chi connectivity index (χ0v) is 13.0. The summed E-state index contributed by atoms with van der Waals surface area (Å²) in [5.41, 5.74) is 1.26. The maximum atomic E-state index is 12.8. The summed E-state index contributed by atoms with van der Waals surface area (Å²) >= 11 is 0. The van der Waals surface area contributed by atoms with Gasteiger partial charge in [0, 0.05) is 12.1 Å². The number of carbonyl (C=O) groups is 1. The number of benzene rings is 2. The van der Waals surface area contributed by atoms with E-state index in [0.717, 1.165) is 5.56 Å². The van der Waals surface area contributed by atoms with Gasteiger partial charge in [-0.05, 0) is 42.8 Å². The molecule has 4 nitrogen and oxygen atoms in total. The Labute approximate surface area is 134 Å². The fraction of sp³-hybridized carbons (Fsp3) is 0.167. The van der Waals surface area contributed by atoms with E-state index in [9.17, 15) is 9.18 Å². The maximum Gasteiger partial charge on any atom is 0.248 e. The quantitative estimate of drug-likeness (QED) is 0.823. The maximum absolute atomic E-state index is 12.8. The first-order chi connectivity index (χ1) is 11.1. The molecule has 120 valence electrons. The highest BCUT2D eigenvalue weighted by molar-refractivity contribution is 6.02. The third-order valence-corrected chi connectivity index (χ3v) is 3.04. The van der Waals surface area contributed by atoms with Crippen LogP contribution in [0.5, 0.6) is 11.5 Å². The number of methoxy groups -OCH3 is 1. The minimum atomic E-state index is -0.316. The molecule has 0 saturated carbocycles. The number of anilines is 1. The second-order valence-corrected chi connectivity index (χ2v) is 4.67. The molecule has 0 aliphatic rings. The second-order valence-electron chi connectivity index (χ2n) is 4.67. The molecule has 0 atom stereocenters. The average Bonchev–Trinajstić information content (AvgIpc) is 2.56. The zero-order valence-electron chi connectivity index (χ0n) is 13.0. The highest BCUT2D eigenvalue weighted by Gasteiger charge is 2.07. The van der Waals surface area contributed by atoms with Crippen molar-refractivity contribution in [3.8, 4) is 11.5 Å². The summed E-state index contributed by atoms with van der Waals surface area (Å²) < 4.78 is 23.5. The molecule has 0 fully saturated rings. The first-order valence-corrected chi connectivity index (χ1v) is 7.18. The molecule has 2 aromatic carbocycles. The molecule has 0 radical (unpaired) electrons. The number of ether oxygens (including phenoxy) is 2. The molecule has 0 aliphatic carbocycles. The predicted molar refractivity (Wildman–Crippen MR) is 88.2 cm³/mol. The monoisotopic (exact) mass is 315 g/mol. The minimum absolute atomic E-state index is 0.315. The number of halogens is 1. The van der Waals surface area contributed by atoms with Gasteiger partial charge in [-0.3, -0.25) is 4.79 Å². The van der Waals surface area contributed by atoms with Gasteiger partial charge in [0.2, 0.25) is 5.91 Å². The summed E-state index contributed by atoms with van der Waals surface area (Å²) in [7, 11) is 1.55. The number of hydrogen-bond donors (Lipinski definition) is 1. The van der Waals surface area contributed by atoms with E-state index in [4.69, 9.17) is 9.47 Å². The van der Waals surface area contributed by atoms with E-state index in [2.05, 4.69) is 5.32 Å². The molecule has 0 unspecified atom stereocenters. The minimum Gasteiger partial charge on any atom is -0.497 e. The van der Waals surface area contributed by atoms with Crippen LogP contribution in [0.3, 0.4) is 0 Å². The van der Waals surface area contributed by atoms with Crippen molar-refractivity contribution >= 4 is 17.7 Å². The molecule has 0 spiro atoms. The lowest BCUT2D eigenvalue weighted by atomic mass is 10.2. The van der Waals surface area contributed by atoms with Crippen molar-refractivity contribution in [2.24, 2.45) is 0 Å². The highest BCUT2D eigenvalue weighted by Crippen LogP contribution is 2.29. The summed E-state index contributed by atoms with van der Waals surface area (Å²) in [6, 6.07) is 11.1. The summed E-state index contributed by atoms with van der Waals surface area (Å²) in [5, 5.41) is 2.75. The van der Waals surface area contributed by atoms with Crippen molar-refractivity contribution in [3.05, 3.63) is 59.9 Å². The van der Waals surface area contributed by atoms with Gasteiger partial charge >= 0.3 is 0 Å². The summed E-state index contributed by atoms with van der Waals surface area (Å²) in [6.07, 6.45) is 2.98. The zero-order chi connectivity index (χ0) is 16.7. The van der Waals surface area contributed by atoms with Crippen LogP contribution >= 0.6 is 0 Å². The Morgan fingerprint density at radius 2 is 1.96 bits per heavy atom. The molecule has 0 aliphatic heterocycles. The van der Waals surface area contributed by atoms with Crippen molar-refractivity contribution in [1.29, 1.82) is 0 Å². The van der Waals surface area contributed by atoms with Gasteiger partial charge in [-0.15, -0.1) is 0 Å². The van der Waals surface area contributed by atoms with Gasteiger partial charge in [0.05, 0.1) is 19.4 Å². The second kappa shape index (κ2) is 7.98. The molecule has 0 bridgehead atoms. The molecular formula is C18H18FNO3. The molecule has 1 amide bonds. The van der Waals surface area contributed by atoms with Crippen molar-refractivity contribution in [2.45, 2.75) is 6.92 Å². The lowest BCUT2D eigenvalue weighted by molar-refractivity contribution is -0.111. The van der Waals surface area contributed by atoms with E-state index in [0.29, 0.717) is 23.8 Å². The van der Waals surface area contributed by atoms with E-state index in [-0.39, 0.29) is 11.7 Å². The van der Waals surface area contributed by atoms with E-state index in [1.807, 2.05) is 6.92 Å². The SMILES string of the molecule is CCOc1ccc(OC)cc1NC(=O)/C=C/c1ccc(F)cc1. The lowest BCUT2D eigenvalue weighted by Gasteiger charge is -2.12. The highest BCUT2D eigenvalue weighted by atomic mass is 19.1. The van der Waals surface area contributed by atoms with Gasteiger partial charge in [-0.2, -0.15) is 0 Å². The van der Waals surface area contributed by atoms with E-state index in [1.54, 1.807) is 43.5 Å². The van der Waals surface area contributed by atoms with Crippen molar-refractivity contribution in [1.82, 2.24) is 0 Å². The Bertz CT molecular complexity index is 696. The normalized spacial score (nSPS) is 10.6. The van der Waals surface area contributed by atoms with Crippen LogP contribution in [0.15, 0.2) is 48.5 Å². The molecule has 0 aromatic heterocycles. The molecule has 0 saturated heterocycles. The number of hydrogen-bond acceptors (Lipinski definition) is 3. The van der Waals surface area contributed by atoms with E-state index in [1.165, 1.54) is 18.2 Å². The van der Waals surface area contributed by atoms with Gasteiger partial charge < -0.3 is 14.8 Å². The number of amides is 1. The van der Waals surface area contributed by atoms with E-state index >= 15 is 0 Å². The largest absolute Gasteiger partial charge is 0.497 e. The molecule has 23 heavy (non-hydrogen) atoms. The van der Waals surface area contributed by atoms with Gasteiger partial charge in [0.25, 0.3) is 0 Å². The lowest BCUT2D eigenvalue weighted by Crippen LogP contribution is -2.09. The van der Waals surface area contributed by atoms with Gasteiger partial charge in [0.15, 0.2) is 0 Å². The molecular weight excluding hydrogens is 297 g/mol. The number of carbonyl (C=O) groups excluding carboxylic acids is 1. The number of rotatable bonds is 6. The molecule has 5 heteroatoms. The summed E-state index contributed by atoms with van der Waals surface area (Å²) in [6.45, 7) is 2.35. The summed E-state index contributed by atoms with van der Waals surface area (Å²) in [4.78, 5) is 12.0. The Hall–Kier alpha value is -2.82. The van der Waals surface area contributed by atoms with Crippen LogP contribution in [0, 0.1) is 5.82 Å². The molecule has 0 heterocycles. The molecule has 2 rings (SSSR count). The summed E-state index contributed by atoms with van der Waals surface area (Å²) in [5.74, 6) is 0.552. The fourth-order valence-corrected chi connectivity index (χ4v) is 1.94. The smallest absolute Gasteiger partial charge is 0.248 e. The van der Waals surface area contributed by atoms with Crippen LogP contribution in [0.4, 0.5) is 10.1 Å². The van der Waals surface area contributed by atoms with Gasteiger partial charge in [-0.25, -0.2) is 4.39 Å². The van der Waals surface area contributed by atoms with Crippen molar-refractivity contribution in [2.75, 3.05) is 19.0 Å².